The number of aliphatic hydroxyl groups excluding tert-OH is 1. The van der Waals surface area contributed by atoms with Gasteiger partial charge >= 0.3 is 5.97 Å². The van der Waals surface area contributed by atoms with Gasteiger partial charge in [0.25, 0.3) is 0 Å². The van der Waals surface area contributed by atoms with E-state index in [9.17, 15) is 18.7 Å². The summed E-state index contributed by atoms with van der Waals surface area (Å²) >= 11 is 11.8. The molecule has 0 spiro atoms. The van der Waals surface area contributed by atoms with Gasteiger partial charge in [0, 0.05) is 22.0 Å². The number of benzene rings is 3. The number of hydrogen-bond donors (Lipinski definition) is 1. The second kappa shape index (κ2) is 9.56. The van der Waals surface area contributed by atoms with Gasteiger partial charge in [-0.05, 0) is 59.7 Å². The van der Waals surface area contributed by atoms with Crippen LogP contribution in [-0.2, 0) is 4.74 Å². The molecule has 3 atom stereocenters. The van der Waals surface area contributed by atoms with Crippen molar-refractivity contribution < 1.29 is 23.4 Å². The van der Waals surface area contributed by atoms with Gasteiger partial charge < -0.3 is 9.84 Å². The predicted octanol–water partition coefficient (Wildman–Crippen LogP) is 6.54. The molecule has 0 radical (unpaired) electrons. The third-order valence-electron chi connectivity index (χ3n) is 4.71. The first-order valence-electron chi connectivity index (χ1n) is 9.10. The maximum atomic E-state index is 13.6. The fourth-order valence-corrected chi connectivity index (χ4v) is 3.37. The summed E-state index contributed by atoms with van der Waals surface area (Å²) in [4.78, 5) is 12.7. The van der Waals surface area contributed by atoms with E-state index in [1.165, 1.54) is 12.1 Å². The van der Waals surface area contributed by atoms with Crippen molar-refractivity contribution in [3.8, 4) is 0 Å². The third kappa shape index (κ3) is 5.36. The molecule has 156 valence electrons. The molecular formula is C23H18Cl2F2O3. The normalized spacial score (nSPS) is 14.1. The van der Waals surface area contributed by atoms with E-state index in [1.54, 1.807) is 43.3 Å². The maximum absolute atomic E-state index is 13.6. The summed E-state index contributed by atoms with van der Waals surface area (Å²) in [5, 5.41) is 11.7. The van der Waals surface area contributed by atoms with Crippen LogP contribution >= 0.6 is 23.2 Å². The van der Waals surface area contributed by atoms with Crippen molar-refractivity contribution in [2.24, 2.45) is 5.92 Å². The first-order valence-corrected chi connectivity index (χ1v) is 9.86. The van der Waals surface area contributed by atoms with Crippen LogP contribution in [0.15, 0.2) is 66.7 Å². The zero-order valence-electron chi connectivity index (χ0n) is 15.9. The van der Waals surface area contributed by atoms with Crippen LogP contribution in [0.25, 0.3) is 0 Å². The van der Waals surface area contributed by atoms with E-state index in [1.807, 2.05) is 0 Å². The molecule has 3 nitrogen and oxygen atoms in total. The Balaban J connectivity index is 1.92. The van der Waals surface area contributed by atoms with Gasteiger partial charge in [0.2, 0.25) is 0 Å². The van der Waals surface area contributed by atoms with Crippen molar-refractivity contribution in [1.29, 1.82) is 0 Å². The zero-order chi connectivity index (χ0) is 21.8. The number of esters is 1. The highest BCUT2D eigenvalue weighted by Crippen LogP contribution is 2.36. The average Bonchev–Trinajstić information content (AvgIpc) is 2.71. The second-order valence-electron chi connectivity index (χ2n) is 6.89. The number of rotatable bonds is 6. The summed E-state index contributed by atoms with van der Waals surface area (Å²) in [6.07, 6.45) is -2.21. The summed E-state index contributed by atoms with van der Waals surface area (Å²) in [6.45, 7) is 1.63. The molecule has 0 heterocycles. The Kier molecular flexibility index (Phi) is 7.08. The van der Waals surface area contributed by atoms with Crippen molar-refractivity contribution in [2.75, 3.05) is 0 Å². The minimum Gasteiger partial charge on any atom is -0.453 e. The fraction of sp³-hybridized carbons (Fsp3) is 0.174. The van der Waals surface area contributed by atoms with Gasteiger partial charge in [0.1, 0.15) is 17.7 Å². The highest BCUT2D eigenvalue weighted by atomic mass is 35.5. The molecule has 0 aliphatic carbocycles. The van der Waals surface area contributed by atoms with Gasteiger partial charge in [-0.25, -0.2) is 13.6 Å². The fourth-order valence-electron chi connectivity index (χ4n) is 3.12. The summed E-state index contributed by atoms with van der Waals surface area (Å²) in [5.74, 6) is -2.98. The van der Waals surface area contributed by atoms with Crippen molar-refractivity contribution in [1.82, 2.24) is 0 Å². The maximum Gasteiger partial charge on any atom is 0.338 e. The molecule has 7 heteroatoms. The first kappa shape index (κ1) is 22.2. The largest absolute Gasteiger partial charge is 0.453 e. The lowest BCUT2D eigenvalue weighted by Gasteiger charge is -2.28. The van der Waals surface area contributed by atoms with Crippen LogP contribution in [0.5, 0.6) is 0 Å². The van der Waals surface area contributed by atoms with E-state index < -0.39 is 35.7 Å². The van der Waals surface area contributed by atoms with Crippen LogP contribution in [0, 0.1) is 17.6 Å². The molecule has 0 amide bonds. The van der Waals surface area contributed by atoms with E-state index >= 15 is 0 Å². The third-order valence-corrected chi connectivity index (χ3v) is 5.22. The monoisotopic (exact) mass is 450 g/mol. The molecule has 1 N–H and O–H groups in total. The minimum atomic E-state index is -1.30. The Morgan fingerprint density at radius 2 is 1.37 bits per heavy atom. The molecule has 3 rings (SSSR count). The van der Waals surface area contributed by atoms with E-state index in [-0.39, 0.29) is 11.1 Å². The molecule has 3 aromatic carbocycles. The number of carbonyl (C=O) groups is 1. The summed E-state index contributed by atoms with van der Waals surface area (Å²) in [7, 11) is 0. The van der Waals surface area contributed by atoms with Crippen LogP contribution in [0.3, 0.4) is 0 Å². The number of ether oxygens (including phenoxy) is 1. The molecule has 0 fully saturated rings. The lowest BCUT2D eigenvalue weighted by Crippen LogP contribution is -2.23. The number of carbonyl (C=O) groups excluding carboxylic acids is 1. The molecule has 0 saturated heterocycles. The molecule has 0 saturated carbocycles. The molecule has 0 bridgehead atoms. The highest BCUT2D eigenvalue weighted by Gasteiger charge is 2.31. The standard InChI is InChI=1S/C23H18Cl2F2O3/c1-13(21(28)16-10-19(26)12-20(27)11-16)22(14-2-6-17(24)7-3-14)30-23(29)15-4-8-18(25)9-5-15/h2-13,21-22,28H,1H3/t13-,21-,22-/m0/s1. The Morgan fingerprint density at radius 3 is 1.90 bits per heavy atom. The Labute approximate surface area is 182 Å². The average molecular weight is 451 g/mol. The quantitative estimate of drug-likeness (QED) is 0.433. The van der Waals surface area contributed by atoms with Crippen molar-refractivity contribution >= 4 is 29.2 Å². The van der Waals surface area contributed by atoms with Gasteiger partial charge in [-0.1, -0.05) is 42.3 Å². The smallest absolute Gasteiger partial charge is 0.338 e. The number of halogens is 4. The van der Waals surface area contributed by atoms with Crippen LogP contribution in [0.1, 0.15) is 40.6 Å². The SMILES string of the molecule is C[C@@H]([C@H](O)c1cc(F)cc(F)c1)[C@H](OC(=O)c1ccc(Cl)cc1)c1ccc(Cl)cc1. The zero-order valence-corrected chi connectivity index (χ0v) is 17.4. The Bertz CT molecular complexity index is 1000. The molecule has 0 unspecified atom stereocenters. The van der Waals surface area contributed by atoms with Crippen molar-refractivity contribution in [3.63, 3.8) is 0 Å². The molecule has 0 aliphatic rings. The van der Waals surface area contributed by atoms with Gasteiger partial charge in [-0.15, -0.1) is 0 Å². The predicted molar refractivity (Wildman–Crippen MR) is 112 cm³/mol. The van der Waals surface area contributed by atoms with Crippen molar-refractivity contribution in [3.05, 3.63) is 105 Å². The molecular weight excluding hydrogens is 433 g/mol. The molecule has 0 aliphatic heterocycles. The number of hydrogen-bond acceptors (Lipinski definition) is 3. The van der Waals surface area contributed by atoms with Gasteiger partial charge in [-0.2, -0.15) is 0 Å². The van der Waals surface area contributed by atoms with Crippen LogP contribution in [0.4, 0.5) is 8.78 Å². The van der Waals surface area contributed by atoms with Crippen molar-refractivity contribution in [2.45, 2.75) is 19.1 Å². The van der Waals surface area contributed by atoms with E-state index in [0.717, 1.165) is 18.2 Å². The van der Waals surface area contributed by atoms with Crippen LogP contribution < -0.4 is 0 Å². The lowest BCUT2D eigenvalue weighted by molar-refractivity contribution is -0.0156. The Hall–Kier alpha value is -2.47. The van der Waals surface area contributed by atoms with Crippen LogP contribution in [0.2, 0.25) is 10.0 Å². The van der Waals surface area contributed by atoms with Crippen LogP contribution in [-0.4, -0.2) is 11.1 Å². The molecule has 30 heavy (non-hydrogen) atoms. The molecule has 3 aromatic rings. The van der Waals surface area contributed by atoms with Gasteiger partial charge in [0.15, 0.2) is 0 Å². The minimum absolute atomic E-state index is 0.0431. The second-order valence-corrected chi connectivity index (χ2v) is 7.76. The topological polar surface area (TPSA) is 46.5 Å². The lowest BCUT2D eigenvalue weighted by atomic mass is 9.88. The van der Waals surface area contributed by atoms with Gasteiger partial charge in [0.05, 0.1) is 11.7 Å². The van der Waals surface area contributed by atoms with E-state index in [4.69, 9.17) is 27.9 Å². The number of aliphatic hydroxyl groups is 1. The first-order chi connectivity index (χ1) is 14.2. The van der Waals surface area contributed by atoms with Gasteiger partial charge in [-0.3, -0.25) is 0 Å². The summed E-state index contributed by atoms with van der Waals surface area (Å²) in [6, 6.07) is 15.6. The Morgan fingerprint density at radius 1 is 0.867 bits per heavy atom. The highest BCUT2D eigenvalue weighted by molar-refractivity contribution is 6.30. The molecule has 0 aromatic heterocycles. The summed E-state index contributed by atoms with van der Waals surface area (Å²) in [5.41, 5.74) is 0.892. The van der Waals surface area contributed by atoms with E-state index in [0.29, 0.717) is 15.6 Å². The van der Waals surface area contributed by atoms with E-state index in [2.05, 4.69) is 0 Å². The summed E-state index contributed by atoms with van der Waals surface area (Å²) < 4.78 is 32.9.